The van der Waals surface area contributed by atoms with Crippen molar-refractivity contribution in [2.75, 3.05) is 6.54 Å². The summed E-state index contributed by atoms with van der Waals surface area (Å²) in [5.41, 5.74) is -0.286. The lowest BCUT2D eigenvalue weighted by molar-refractivity contribution is -0.131. The monoisotopic (exact) mass is 464 g/mol. The second kappa shape index (κ2) is 8.11. The summed E-state index contributed by atoms with van der Waals surface area (Å²) in [6.07, 6.45) is 13.4. The van der Waals surface area contributed by atoms with Crippen LogP contribution in [0, 0.1) is 46.3 Å². The molecule has 0 amide bonds. The minimum absolute atomic E-state index is 0.162. The Morgan fingerprint density at radius 3 is 2.62 bits per heavy atom. The summed E-state index contributed by atoms with van der Waals surface area (Å²) in [4.78, 5) is 13.0. The van der Waals surface area contributed by atoms with Crippen molar-refractivity contribution in [2.45, 2.75) is 77.2 Å². The number of hydrogen-bond acceptors (Lipinski definition) is 4. The SMILES string of the molecule is C[C@@]1(O)CC[C@H]2C(CC[C@@H]3[C@@H]2CC[C@]2(C)[C@@H](C(=O)CN/C=C(/Br)C=N)CC[C@@H]32)C1. The van der Waals surface area contributed by atoms with Crippen molar-refractivity contribution in [3.05, 3.63) is 10.7 Å². The van der Waals surface area contributed by atoms with Gasteiger partial charge in [0.25, 0.3) is 0 Å². The lowest BCUT2D eigenvalue weighted by Gasteiger charge is -2.56. The number of rotatable bonds is 5. The topological polar surface area (TPSA) is 73.2 Å². The number of carbonyl (C=O) groups excluding carboxylic acids is 1. The molecular formula is C24H37BrN2O2. The Kier molecular flexibility index (Phi) is 6.02. The molecule has 4 fully saturated rings. The molecule has 4 rings (SSSR count). The molecule has 29 heavy (non-hydrogen) atoms. The Labute approximate surface area is 183 Å². The molecule has 0 heterocycles. The number of carbonyl (C=O) groups is 1. The van der Waals surface area contributed by atoms with Gasteiger partial charge in [0.2, 0.25) is 0 Å². The van der Waals surface area contributed by atoms with Gasteiger partial charge in [-0.1, -0.05) is 6.92 Å². The van der Waals surface area contributed by atoms with Crippen molar-refractivity contribution >= 4 is 27.9 Å². The number of fused-ring (bicyclic) bond motifs is 5. The van der Waals surface area contributed by atoms with E-state index < -0.39 is 5.60 Å². The Bertz CT molecular complexity index is 690. The van der Waals surface area contributed by atoms with Gasteiger partial charge >= 0.3 is 0 Å². The molecule has 0 aliphatic heterocycles. The van der Waals surface area contributed by atoms with Crippen molar-refractivity contribution in [1.29, 1.82) is 5.41 Å². The van der Waals surface area contributed by atoms with Crippen LogP contribution in [0.4, 0.5) is 0 Å². The summed E-state index contributed by atoms with van der Waals surface area (Å²) in [6, 6.07) is 0. The fraction of sp³-hybridized carbons (Fsp3) is 0.833. The first kappa shape index (κ1) is 21.5. The van der Waals surface area contributed by atoms with E-state index >= 15 is 0 Å². The number of allylic oxidation sites excluding steroid dienone is 1. The number of halogens is 1. The molecule has 4 nitrogen and oxygen atoms in total. The van der Waals surface area contributed by atoms with Crippen molar-refractivity contribution < 1.29 is 9.90 Å². The van der Waals surface area contributed by atoms with Crippen LogP contribution in [-0.2, 0) is 4.79 Å². The van der Waals surface area contributed by atoms with Crippen LogP contribution in [0.5, 0.6) is 0 Å². The highest BCUT2D eigenvalue weighted by Gasteiger charge is 2.58. The highest BCUT2D eigenvalue weighted by Crippen LogP contribution is 2.64. The molecule has 0 radical (unpaired) electrons. The van der Waals surface area contributed by atoms with Crippen LogP contribution in [0.15, 0.2) is 10.7 Å². The van der Waals surface area contributed by atoms with Crippen LogP contribution in [0.25, 0.3) is 0 Å². The maximum absolute atomic E-state index is 13.0. The predicted molar refractivity (Wildman–Crippen MR) is 120 cm³/mol. The van der Waals surface area contributed by atoms with Gasteiger partial charge in [0.15, 0.2) is 5.78 Å². The van der Waals surface area contributed by atoms with Gasteiger partial charge in [0.05, 0.1) is 16.6 Å². The molecule has 5 heteroatoms. The summed E-state index contributed by atoms with van der Waals surface area (Å²) in [5.74, 6) is 4.35. The van der Waals surface area contributed by atoms with E-state index in [9.17, 15) is 9.90 Å². The molecule has 0 aromatic rings. The van der Waals surface area contributed by atoms with Crippen LogP contribution < -0.4 is 5.32 Å². The highest BCUT2D eigenvalue weighted by atomic mass is 79.9. The standard InChI is InChI=1S/C24H37BrN2O2/c1-23(29)9-7-17-15(11-23)3-4-19-18(17)8-10-24(2)20(19)5-6-21(24)22(28)14-27-13-16(25)12-26/h12-13,15,17-21,26-27,29H,3-11,14H2,1-2H3/b16-13+,26-12?/t15?,17-,18+,19+,20-,21+,23+,24-/m0/s1. The largest absolute Gasteiger partial charge is 0.390 e. The van der Waals surface area contributed by atoms with Crippen molar-refractivity contribution in [3.63, 3.8) is 0 Å². The molecule has 8 atom stereocenters. The molecule has 0 bridgehead atoms. The van der Waals surface area contributed by atoms with E-state index in [0.29, 0.717) is 28.6 Å². The molecule has 0 aromatic carbocycles. The maximum atomic E-state index is 13.0. The van der Waals surface area contributed by atoms with Crippen LogP contribution in [0.1, 0.15) is 71.6 Å². The van der Waals surface area contributed by atoms with E-state index in [-0.39, 0.29) is 11.3 Å². The van der Waals surface area contributed by atoms with Crippen LogP contribution in [-0.4, -0.2) is 29.3 Å². The van der Waals surface area contributed by atoms with Crippen molar-refractivity contribution in [1.82, 2.24) is 5.32 Å². The van der Waals surface area contributed by atoms with Gasteiger partial charge in [-0.2, -0.15) is 0 Å². The van der Waals surface area contributed by atoms with Gasteiger partial charge in [-0.05, 0) is 116 Å². The van der Waals surface area contributed by atoms with Crippen LogP contribution >= 0.6 is 15.9 Å². The zero-order chi connectivity index (χ0) is 20.8. The molecule has 0 aromatic heterocycles. The van der Waals surface area contributed by atoms with Crippen molar-refractivity contribution in [2.24, 2.45) is 40.9 Å². The maximum Gasteiger partial charge on any atom is 0.155 e. The average Bonchev–Trinajstić information content (AvgIpc) is 3.03. The molecule has 0 spiro atoms. The second-order valence-corrected chi connectivity index (χ2v) is 11.8. The normalized spacial score (nSPS) is 47.0. The van der Waals surface area contributed by atoms with Gasteiger partial charge in [0.1, 0.15) is 0 Å². The summed E-state index contributed by atoms with van der Waals surface area (Å²) in [7, 11) is 0. The van der Waals surface area contributed by atoms with Gasteiger partial charge < -0.3 is 15.8 Å². The molecular weight excluding hydrogens is 428 g/mol. The van der Waals surface area contributed by atoms with E-state index in [0.717, 1.165) is 37.0 Å². The molecule has 4 aliphatic carbocycles. The molecule has 0 saturated heterocycles. The molecule has 162 valence electrons. The van der Waals surface area contributed by atoms with Gasteiger partial charge in [-0.15, -0.1) is 0 Å². The third-order valence-corrected chi connectivity index (χ3v) is 9.74. The molecule has 4 aliphatic rings. The zero-order valence-corrected chi connectivity index (χ0v) is 19.5. The Morgan fingerprint density at radius 1 is 1.10 bits per heavy atom. The quantitative estimate of drug-likeness (QED) is 0.498. The number of nitrogens with one attached hydrogen (secondary N) is 2. The molecule has 1 unspecified atom stereocenters. The molecule has 4 saturated carbocycles. The lowest BCUT2D eigenvalue weighted by Crippen LogP contribution is -2.51. The van der Waals surface area contributed by atoms with Gasteiger partial charge in [0, 0.05) is 18.3 Å². The summed E-state index contributed by atoms with van der Waals surface area (Å²) in [5, 5.41) is 20.9. The molecule has 3 N–H and O–H groups in total. The third kappa shape index (κ3) is 3.98. The van der Waals surface area contributed by atoms with E-state index in [1.807, 2.05) is 6.92 Å². The number of ketones is 1. The van der Waals surface area contributed by atoms with Gasteiger partial charge in [-0.25, -0.2) is 0 Å². The minimum Gasteiger partial charge on any atom is -0.390 e. The first-order chi connectivity index (χ1) is 13.7. The van der Waals surface area contributed by atoms with Crippen LogP contribution in [0.3, 0.4) is 0 Å². The lowest BCUT2D eigenvalue weighted by atomic mass is 9.49. The summed E-state index contributed by atoms with van der Waals surface area (Å²) in [6.45, 7) is 4.80. The Hall–Kier alpha value is -0.680. The fourth-order valence-electron chi connectivity index (χ4n) is 8.02. The van der Waals surface area contributed by atoms with E-state index in [2.05, 4.69) is 28.2 Å². The Morgan fingerprint density at radius 2 is 1.86 bits per heavy atom. The predicted octanol–water partition coefficient (Wildman–Crippen LogP) is 5.05. The van der Waals surface area contributed by atoms with E-state index in [1.165, 1.54) is 44.7 Å². The fourth-order valence-corrected chi connectivity index (χ4v) is 8.19. The third-order valence-electron chi connectivity index (χ3n) is 9.28. The minimum atomic E-state index is -0.448. The Balaban J connectivity index is 1.43. The summed E-state index contributed by atoms with van der Waals surface area (Å²) < 4.78 is 0.657. The highest BCUT2D eigenvalue weighted by molar-refractivity contribution is 9.12. The van der Waals surface area contributed by atoms with E-state index in [1.54, 1.807) is 6.20 Å². The first-order valence-electron chi connectivity index (χ1n) is 11.6. The summed E-state index contributed by atoms with van der Waals surface area (Å²) >= 11 is 3.28. The first-order valence-corrected chi connectivity index (χ1v) is 12.4. The average molecular weight is 465 g/mol. The number of Topliss-reactive ketones (excluding diaryl/α,β-unsaturated/α-hetero) is 1. The van der Waals surface area contributed by atoms with Crippen LogP contribution in [0.2, 0.25) is 0 Å². The number of aliphatic hydroxyl groups is 1. The van der Waals surface area contributed by atoms with E-state index in [4.69, 9.17) is 5.41 Å². The second-order valence-electron chi connectivity index (χ2n) is 10.9. The zero-order valence-electron chi connectivity index (χ0n) is 17.9. The van der Waals surface area contributed by atoms with Gasteiger partial charge in [-0.3, -0.25) is 4.79 Å². The van der Waals surface area contributed by atoms with Crippen molar-refractivity contribution in [3.8, 4) is 0 Å². The smallest absolute Gasteiger partial charge is 0.155 e. The number of hydrogen-bond donors (Lipinski definition) is 3.